The van der Waals surface area contributed by atoms with Gasteiger partial charge in [0.2, 0.25) is 5.91 Å². The number of amides is 1. The Bertz CT molecular complexity index is 269. The Morgan fingerprint density at radius 2 is 2.25 bits per heavy atom. The molecule has 0 aromatic heterocycles. The van der Waals surface area contributed by atoms with Gasteiger partial charge in [-0.05, 0) is 13.0 Å². The SMILES string of the molecule is C=CC(=O)NC(C)CS(=O)(=O)O. The summed E-state index contributed by atoms with van der Waals surface area (Å²) >= 11 is 0. The Morgan fingerprint density at radius 1 is 1.75 bits per heavy atom. The second kappa shape index (κ2) is 4.22. The van der Waals surface area contributed by atoms with Crippen LogP contribution >= 0.6 is 0 Å². The number of hydrogen-bond donors (Lipinski definition) is 2. The molecule has 0 rings (SSSR count). The van der Waals surface area contributed by atoms with Crippen molar-refractivity contribution in [2.45, 2.75) is 13.0 Å². The maximum absolute atomic E-state index is 10.6. The molecule has 2 N–H and O–H groups in total. The average Bonchev–Trinajstić information content (AvgIpc) is 1.82. The number of carbonyl (C=O) groups is 1. The molecule has 0 aromatic rings. The zero-order valence-electron chi connectivity index (χ0n) is 6.65. The van der Waals surface area contributed by atoms with Gasteiger partial charge in [0.1, 0.15) is 0 Å². The first-order chi connectivity index (χ1) is 5.35. The van der Waals surface area contributed by atoms with E-state index >= 15 is 0 Å². The lowest BCUT2D eigenvalue weighted by molar-refractivity contribution is -0.116. The smallest absolute Gasteiger partial charge is 0.266 e. The third-order valence-electron chi connectivity index (χ3n) is 1.03. The Balaban J connectivity index is 3.99. The van der Waals surface area contributed by atoms with Crippen LogP contribution in [0.25, 0.3) is 0 Å². The summed E-state index contributed by atoms with van der Waals surface area (Å²) < 4.78 is 28.9. The fraction of sp³-hybridized carbons (Fsp3) is 0.500. The number of carbonyl (C=O) groups excluding carboxylic acids is 1. The van der Waals surface area contributed by atoms with Crippen LogP contribution in [-0.2, 0) is 14.9 Å². The van der Waals surface area contributed by atoms with E-state index in [9.17, 15) is 13.2 Å². The van der Waals surface area contributed by atoms with Gasteiger partial charge in [0.15, 0.2) is 0 Å². The van der Waals surface area contributed by atoms with E-state index in [4.69, 9.17) is 4.55 Å². The molecule has 0 saturated carbocycles. The third kappa shape index (κ3) is 5.87. The minimum absolute atomic E-state index is 0.467. The summed E-state index contributed by atoms with van der Waals surface area (Å²) in [6, 6.07) is -0.620. The van der Waals surface area contributed by atoms with Crippen LogP contribution in [0.3, 0.4) is 0 Å². The zero-order valence-corrected chi connectivity index (χ0v) is 7.47. The predicted octanol–water partition coefficient (Wildman–Crippen LogP) is -0.435. The molecule has 0 heterocycles. The molecule has 5 nitrogen and oxygen atoms in total. The first kappa shape index (κ1) is 11.1. The van der Waals surface area contributed by atoms with Crippen LogP contribution in [0.4, 0.5) is 0 Å². The standard InChI is InChI=1S/C6H11NO4S/c1-3-6(8)7-5(2)4-12(9,10)11/h3,5H,1,4H2,2H3,(H,7,8)(H,9,10,11). The molecular formula is C6H11NO4S. The summed E-state index contributed by atoms with van der Waals surface area (Å²) in [5.74, 6) is -0.960. The highest BCUT2D eigenvalue weighted by Gasteiger charge is 2.12. The van der Waals surface area contributed by atoms with Crippen molar-refractivity contribution in [1.29, 1.82) is 0 Å². The van der Waals surface area contributed by atoms with Crippen molar-refractivity contribution in [2.24, 2.45) is 0 Å². The molecule has 0 saturated heterocycles. The van der Waals surface area contributed by atoms with Gasteiger partial charge >= 0.3 is 0 Å². The minimum Gasteiger partial charge on any atom is -0.349 e. The fourth-order valence-corrected chi connectivity index (χ4v) is 1.37. The van der Waals surface area contributed by atoms with E-state index in [-0.39, 0.29) is 0 Å². The lowest BCUT2D eigenvalue weighted by atomic mass is 10.4. The Morgan fingerprint density at radius 3 is 2.58 bits per heavy atom. The summed E-state index contributed by atoms with van der Waals surface area (Å²) in [5, 5.41) is 2.29. The van der Waals surface area contributed by atoms with Gasteiger partial charge in [0, 0.05) is 6.04 Å². The van der Waals surface area contributed by atoms with E-state index in [2.05, 4.69) is 11.9 Å². The van der Waals surface area contributed by atoms with Gasteiger partial charge in [-0.15, -0.1) is 0 Å². The van der Waals surface area contributed by atoms with Gasteiger partial charge in [-0.1, -0.05) is 6.58 Å². The van der Waals surface area contributed by atoms with Crippen LogP contribution in [0.1, 0.15) is 6.92 Å². The van der Waals surface area contributed by atoms with E-state index < -0.39 is 27.8 Å². The maximum Gasteiger partial charge on any atom is 0.266 e. The molecule has 1 unspecified atom stereocenters. The van der Waals surface area contributed by atoms with Gasteiger partial charge < -0.3 is 5.32 Å². The lowest BCUT2D eigenvalue weighted by Crippen LogP contribution is -2.36. The van der Waals surface area contributed by atoms with Crippen molar-refractivity contribution >= 4 is 16.0 Å². The highest BCUT2D eigenvalue weighted by Crippen LogP contribution is 1.89. The summed E-state index contributed by atoms with van der Waals surface area (Å²) in [4.78, 5) is 10.6. The molecule has 1 atom stereocenters. The molecule has 0 aliphatic carbocycles. The van der Waals surface area contributed by atoms with Gasteiger partial charge in [-0.3, -0.25) is 9.35 Å². The van der Waals surface area contributed by atoms with E-state index in [1.807, 2.05) is 0 Å². The predicted molar refractivity (Wildman–Crippen MR) is 44.2 cm³/mol. The minimum atomic E-state index is -4.03. The average molecular weight is 193 g/mol. The molecule has 70 valence electrons. The van der Waals surface area contributed by atoms with Crippen molar-refractivity contribution in [3.05, 3.63) is 12.7 Å². The van der Waals surface area contributed by atoms with Crippen LogP contribution in [0.2, 0.25) is 0 Å². The van der Waals surface area contributed by atoms with Crippen LogP contribution in [-0.4, -0.2) is 30.7 Å². The molecule has 0 radical (unpaired) electrons. The second-order valence-electron chi connectivity index (χ2n) is 2.36. The van der Waals surface area contributed by atoms with Crippen LogP contribution in [0.15, 0.2) is 12.7 Å². The maximum atomic E-state index is 10.6. The van der Waals surface area contributed by atoms with Crippen molar-refractivity contribution in [1.82, 2.24) is 5.32 Å². The van der Waals surface area contributed by atoms with Crippen molar-refractivity contribution < 1.29 is 17.8 Å². The third-order valence-corrected chi connectivity index (χ3v) is 1.96. The summed E-state index contributed by atoms with van der Waals surface area (Å²) in [5.41, 5.74) is 0. The van der Waals surface area contributed by atoms with Gasteiger partial charge in [0.05, 0.1) is 5.75 Å². The van der Waals surface area contributed by atoms with Crippen LogP contribution in [0.5, 0.6) is 0 Å². The summed E-state index contributed by atoms with van der Waals surface area (Å²) in [6.45, 7) is 4.65. The first-order valence-electron chi connectivity index (χ1n) is 3.23. The van der Waals surface area contributed by atoms with E-state index in [0.29, 0.717) is 0 Å². The van der Waals surface area contributed by atoms with E-state index in [1.54, 1.807) is 0 Å². The van der Waals surface area contributed by atoms with Gasteiger partial charge in [-0.25, -0.2) is 0 Å². The molecule has 12 heavy (non-hydrogen) atoms. The van der Waals surface area contributed by atoms with Crippen molar-refractivity contribution in [3.8, 4) is 0 Å². The highest BCUT2D eigenvalue weighted by molar-refractivity contribution is 7.85. The Kier molecular flexibility index (Phi) is 3.91. The largest absolute Gasteiger partial charge is 0.349 e. The second-order valence-corrected chi connectivity index (χ2v) is 3.86. The van der Waals surface area contributed by atoms with Crippen LogP contribution in [0, 0.1) is 0 Å². The number of nitrogens with one attached hydrogen (secondary N) is 1. The van der Waals surface area contributed by atoms with Crippen LogP contribution < -0.4 is 5.32 Å². The molecule has 0 spiro atoms. The quantitative estimate of drug-likeness (QED) is 0.468. The molecule has 0 bridgehead atoms. The van der Waals surface area contributed by atoms with Gasteiger partial charge in [-0.2, -0.15) is 8.42 Å². The normalized spacial score (nSPS) is 13.5. The number of rotatable bonds is 4. The molecule has 0 aliphatic rings. The highest BCUT2D eigenvalue weighted by atomic mass is 32.2. The molecule has 1 amide bonds. The van der Waals surface area contributed by atoms with E-state index in [1.165, 1.54) is 6.92 Å². The Labute approximate surface area is 71.2 Å². The molecule has 0 aliphatic heterocycles. The van der Waals surface area contributed by atoms with Crippen molar-refractivity contribution in [3.63, 3.8) is 0 Å². The fourth-order valence-electron chi connectivity index (χ4n) is 0.659. The zero-order chi connectivity index (χ0) is 9.78. The van der Waals surface area contributed by atoms with Gasteiger partial charge in [0.25, 0.3) is 10.1 Å². The van der Waals surface area contributed by atoms with E-state index in [0.717, 1.165) is 6.08 Å². The molecular weight excluding hydrogens is 182 g/mol. The molecule has 0 aromatic carbocycles. The Hall–Kier alpha value is -0.880. The lowest BCUT2D eigenvalue weighted by Gasteiger charge is -2.09. The molecule has 6 heteroatoms. The van der Waals surface area contributed by atoms with Crippen molar-refractivity contribution in [2.75, 3.05) is 5.75 Å². The summed E-state index contributed by atoms with van der Waals surface area (Å²) in [6.07, 6.45) is 1.03. The topological polar surface area (TPSA) is 83.5 Å². The first-order valence-corrected chi connectivity index (χ1v) is 4.84. The number of hydrogen-bond acceptors (Lipinski definition) is 3. The summed E-state index contributed by atoms with van der Waals surface area (Å²) in [7, 11) is -4.03. The molecule has 0 fully saturated rings. The monoisotopic (exact) mass is 193 g/mol.